The van der Waals surface area contributed by atoms with Crippen LogP contribution < -0.4 is 5.73 Å². The average Bonchev–Trinajstić information content (AvgIpc) is 2.47. The second-order valence-corrected chi connectivity index (χ2v) is 4.61. The highest BCUT2D eigenvalue weighted by Gasteiger charge is 2.18. The van der Waals surface area contributed by atoms with Crippen molar-refractivity contribution >= 4 is 5.82 Å². The minimum absolute atomic E-state index is 0.198. The van der Waals surface area contributed by atoms with Gasteiger partial charge in [0.25, 0.3) is 0 Å². The van der Waals surface area contributed by atoms with Gasteiger partial charge in [-0.3, -0.25) is 0 Å². The van der Waals surface area contributed by atoms with Crippen LogP contribution in [0.5, 0.6) is 5.75 Å². The molecule has 0 saturated carbocycles. The van der Waals surface area contributed by atoms with Crippen molar-refractivity contribution < 1.29 is 9.84 Å². The van der Waals surface area contributed by atoms with Gasteiger partial charge in [0.1, 0.15) is 17.3 Å². The lowest BCUT2D eigenvalue weighted by Gasteiger charge is -2.12. The van der Waals surface area contributed by atoms with E-state index in [0.29, 0.717) is 30.3 Å². The first-order valence-corrected chi connectivity index (χ1v) is 6.27. The van der Waals surface area contributed by atoms with Crippen molar-refractivity contribution in [3.8, 4) is 17.0 Å². The second-order valence-electron chi connectivity index (χ2n) is 4.61. The summed E-state index contributed by atoms with van der Waals surface area (Å²) in [5.74, 6) is 0.596. The van der Waals surface area contributed by atoms with Crippen molar-refractivity contribution in [2.45, 2.75) is 19.4 Å². The molecule has 1 aliphatic heterocycles. The van der Waals surface area contributed by atoms with Crippen LogP contribution in [0, 0.1) is 0 Å². The van der Waals surface area contributed by atoms with Crippen molar-refractivity contribution in [1.82, 2.24) is 10.2 Å². The number of rotatable bonds is 0. The van der Waals surface area contributed by atoms with Gasteiger partial charge < -0.3 is 15.6 Å². The van der Waals surface area contributed by atoms with Crippen molar-refractivity contribution in [2.75, 3.05) is 12.3 Å². The Kier molecular flexibility index (Phi) is 3.05. The number of ether oxygens (including phenoxy) is 1. The van der Waals surface area contributed by atoms with Gasteiger partial charge in [0.15, 0.2) is 0 Å². The van der Waals surface area contributed by atoms with Crippen LogP contribution in [0.4, 0.5) is 5.82 Å². The van der Waals surface area contributed by atoms with Gasteiger partial charge in [-0.25, -0.2) is 0 Å². The fraction of sp³-hybridized carbons (Fsp3) is 0.286. The minimum atomic E-state index is 0.198. The number of phenols is 1. The number of hydrogen-bond acceptors (Lipinski definition) is 5. The van der Waals surface area contributed by atoms with E-state index in [2.05, 4.69) is 10.2 Å². The molecule has 1 aromatic heterocycles. The van der Waals surface area contributed by atoms with Crippen LogP contribution in [0.3, 0.4) is 0 Å². The van der Waals surface area contributed by atoms with Gasteiger partial charge in [0.2, 0.25) is 0 Å². The second kappa shape index (κ2) is 4.85. The van der Waals surface area contributed by atoms with Crippen LogP contribution in [0.1, 0.15) is 17.5 Å². The van der Waals surface area contributed by atoms with Crippen molar-refractivity contribution in [3.63, 3.8) is 0 Å². The lowest BCUT2D eigenvalue weighted by molar-refractivity contribution is 0.119. The van der Waals surface area contributed by atoms with E-state index in [4.69, 9.17) is 10.5 Å². The topological polar surface area (TPSA) is 81.3 Å². The first-order chi connectivity index (χ1) is 9.25. The summed E-state index contributed by atoms with van der Waals surface area (Å²) in [6.07, 6.45) is 1.70. The van der Waals surface area contributed by atoms with Crippen LogP contribution >= 0.6 is 0 Å². The molecule has 98 valence electrons. The molecule has 0 amide bonds. The van der Waals surface area contributed by atoms with E-state index in [9.17, 15) is 5.11 Å². The SMILES string of the molecule is Nc1cc2c(nn1)-c1c(O)cccc1COCCC2. The van der Waals surface area contributed by atoms with Crippen molar-refractivity contribution in [3.05, 3.63) is 35.4 Å². The summed E-state index contributed by atoms with van der Waals surface area (Å²) in [5.41, 5.74) is 9.02. The largest absolute Gasteiger partial charge is 0.507 e. The summed E-state index contributed by atoms with van der Waals surface area (Å²) in [5, 5.41) is 18.2. The Morgan fingerprint density at radius 1 is 1.21 bits per heavy atom. The van der Waals surface area contributed by atoms with Gasteiger partial charge in [-0.2, -0.15) is 0 Å². The molecule has 0 bridgehead atoms. The molecule has 5 heteroatoms. The van der Waals surface area contributed by atoms with E-state index in [-0.39, 0.29) is 5.75 Å². The molecule has 2 aromatic rings. The van der Waals surface area contributed by atoms with Crippen LogP contribution in [-0.2, 0) is 17.8 Å². The molecule has 0 unspecified atom stereocenters. The van der Waals surface area contributed by atoms with Gasteiger partial charge in [-0.05, 0) is 36.1 Å². The van der Waals surface area contributed by atoms with Crippen LogP contribution in [0.15, 0.2) is 24.3 Å². The highest BCUT2D eigenvalue weighted by atomic mass is 16.5. The number of benzene rings is 1. The molecule has 3 rings (SSSR count). The van der Waals surface area contributed by atoms with E-state index in [0.717, 1.165) is 24.0 Å². The summed E-state index contributed by atoms with van der Waals surface area (Å²) in [6, 6.07) is 7.21. The molecule has 19 heavy (non-hydrogen) atoms. The zero-order chi connectivity index (χ0) is 13.2. The maximum absolute atomic E-state index is 10.1. The van der Waals surface area contributed by atoms with E-state index in [1.807, 2.05) is 12.1 Å². The molecule has 0 aliphatic carbocycles. The van der Waals surface area contributed by atoms with Crippen LogP contribution in [0.25, 0.3) is 11.3 Å². The number of fused-ring (bicyclic) bond motifs is 3. The highest BCUT2D eigenvalue weighted by molar-refractivity contribution is 5.73. The summed E-state index contributed by atoms with van der Waals surface area (Å²) < 4.78 is 5.61. The van der Waals surface area contributed by atoms with E-state index < -0.39 is 0 Å². The van der Waals surface area contributed by atoms with Gasteiger partial charge in [-0.1, -0.05) is 12.1 Å². The third-order valence-corrected chi connectivity index (χ3v) is 3.25. The third-order valence-electron chi connectivity index (χ3n) is 3.25. The Morgan fingerprint density at radius 2 is 2.11 bits per heavy atom. The molecule has 1 aliphatic rings. The fourth-order valence-electron chi connectivity index (χ4n) is 2.38. The monoisotopic (exact) mass is 257 g/mol. The molecular weight excluding hydrogens is 242 g/mol. The quantitative estimate of drug-likeness (QED) is 0.753. The molecular formula is C14H15N3O2. The Balaban J connectivity index is 2.24. The lowest BCUT2D eigenvalue weighted by atomic mass is 9.98. The van der Waals surface area contributed by atoms with Crippen LogP contribution in [0.2, 0.25) is 0 Å². The number of hydrogen-bond donors (Lipinski definition) is 2. The van der Waals surface area contributed by atoms with Gasteiger partial charge >= 0.3 is 0 Å². The van der Waals surface area contributed by atoms with E-state index in [1.165, 1.54) is 0 Å². The number of phenolic OH excluding ortho intramolecular Hbond substituents is 1. The van der Waals surface area contributed by atoms with Crippen molar-refractivity contribution in [1.29, 1.82) is 0 Å². The molecule has 5 nitrogen and oxygen atoms in total. The number of nitrogen functional groups attached to an aromatic ring is 1. The summed E-state index contributed by atoms with van der Waals surface area (Å²) >= 11 is 0. The molecule has 0 saturated heterocycles. The number of aromatic nitrogens is 2. The first-order valence-electron chi connectivity index (χ1n) is 6.27. The van der Waals surface area contributed by atoms with Crippen LogP contribution in [-0.4, -0.2) is 21.9 Å². The molecule has 2 heterocycles. The Bertz CT molecular complexity index is 614. The smallest absolute Gasteiger partial charge is 0.146 e. The first kappa shape index (κ1) is 11.9. The summed E-state index contributed by atoms with van der Waals surface area (Å²) in [6.45, 7) is 1.14. The van der Waals surface area contributed by atoms with Gasteiger partial charge in [0.05, 0.1) is 6.61 Å². The molecule has 0 radical (unpaired) electrons. The zero-order valence-corrected chi connectivity index (χ0v) is 10.5. The summed E-state index contributed by atoms with van der Waals surface area (Å²) in [7, 11) is 0. The third kappa shape index (κ3) is 2.24. The predicted molar refractivity (Wildman–Crippen MR) is 71.5 cm³/mol. The standard InChI is InChI=1S/C14H15N3O2/c15-12-7-9-4-2-6-19-8-10-3-1-5-11(18)13(10)14(9)17-16-12/h1,3,5,7,18H,2,4,6,8H2,(H2,15,16). The molecule has 1 aromatic carbocycles. The lowest BCUT2D eigenvalue weighted by Crippen LogP contribution is -2.01. The fourth-order valence-corrected chi connectivity index (χ4v) is 2.38. The molecule has 0 atom stereocenters. The van der Waals surface area contributed by atoms with Gasteiger partial charge in [-0.15, -0.1) is 10.2 Å². The maximum atomic E-state index is 10.1. The van der Waals surface area contributed by atoms with Crippen molar-refractivity contribution in [2.24, 2.45) is 0 Å². The molecule has 0 spiro atoms. The Hall–Kier alpha value is -2.14. The van der Waals surface area contributed by atoms with E-state index >= 15 is 0 Å². The predicted octanol–water partition coefficient (Wildman–Crippen LogP) is 1.89. The molecule has 0 fully saturated rings. The number of nitrogens with zero attached hydrogens (tertiary/aromatic N) is 2. The Labute approximate surface area is 111 Å². The number of aryl methyl sites for hydroxylation is 1. The van der Waals surface area contributed by atoms with Gasteiger partial charge in [0, 0.05) is 12.2 Å². The number of anilines is 1. The van der Waals surface area contributed by atoms with E-state index in [1.54, 1.807) is 12.1 Å². The Morgan fingerprint density at radius 3 is 3.00 bits per heavy atom. The maximum Gasteiger partial charge on any atom is 0.146 e. The normalized spacial score (nSPS) is 14.7. The summed E-state index contributed by atoms with van der Waals surface area (Å²) in [4.78, 5) is 0. The number of nitrogens with two attached hydrogens (primary N) is 1. The average molecular weight is 257 g/mol. The zero-order valence-electron chi connectivity index (χ0n) is 10.5. The highest BCUT2D eigenvalue weighted by Crippen LogP contribution is 2.35. The molecule has 3 N–H and O–H groups in total. The minimum Gasteiger partial charge on any atom is -0.507 e. The number of aromatic hydroxyl groups is 1.